The summed E-state index contributed by atoms with van der Waals surface area (Å²) in [4.78, 5) is 4.18. The Kier molecular flexibility index (Phi) is 2.83. The van der Waals surface area contributed by atoms with Gasteiger partial charge in [0.25, 0.3) is 0 Å². The maximum atomic E-state index is 5.83. The molecule has 0 spiro atoms. The Morgan fingerprint density at radius 2 is 2.19 bits per heavy atom. The molecule has 7 nitrogen and oxygen atoms in total. The van der Waals surface area contributed by atoms with Crippen molar-refractivity contribution >= 4 is 17.0 Å². The average Bonchev–Trinajstić information content (AvgIpc) is 3.19. The van der Waals surface area contributed by atoms with Crippen molar-refractivity contribution in [3.8, 4) is 0 Å². The van der Waals surface area contributed by atoms with Gasteiger partial charge in [-0.2, -0.15) is 5.10 Å². The molecule has 1 aliphatic carbocycles. The van der Waals surface area contributed by atoms with Crippen LogP contribution in [-0.2, 0) is 6.42 Å². The summed E-state index contributed by atoms with van der Waals surface area (Å²) < 4.78 is 2.10. The van der Waals surface area contributed by atoms with E-state index in [0.717, 1.165) is 23.1 Å². The number of anilines is 1. The van der Waals surface area contributed by atoms with Crippen LogP contribution in [0.15, 0.2) is 18.5 Å². The number of nitrogen functional groups attached to an aromatic ring is 1. The quantitative estimate of drug-likeness (QED) is 0.764. The van der Waals surface area contributed by atoms with Crippen molar-refractivity contribution in [1.82, 2.24) is 30.2 Å². The summed E-state index contributed by atoms with van der Waals surface area (Å²) in [6.45, 7) is 0. The minimum Gasteiger partial charge on any atom is -0.384 e. The predicted octanol–water partition coefficient (Wildman–Crippen LogP) is 1.84. The number of pyridine rings is 1. The Balaban J connectivity index is 1.63. The smallest absolute Gasteiger partial charge is 0.178 e. The van der Waals surface area contributed by atoms with Gasteiger partial charge in [0.05, 0.1) is 12.2 Å². The van der Waals surface area contributed by atoms with E-state index in [4.69, 9.17) is 5.73 Å². The van der Waals surface area contributed by atoms with Crippen molar-refractivity contribution in [2.45, 2.75) is 38.1 Å². The highest BCUT2D eigenvalue weighted by Gasteiger charge is 2.18. The number of nitrogens with one attached hydrogen (secondary N) is 1. The van der Waals surface area contributed by atoms with Gasteiger partial charge in [-0.1, -0.05) is 18.1 Å². The van der Waals surface area contributed by atoms with Crippen molar-refractivity contribution in [3.05, 3.63) is 29.6 Å². The van der Waals surface area contributed by atoms with Gasteiger partial charge in [0, 0.05) is 12.6 Å². The zero-order valence-electron chi connectivity index (χ0n) is 11.7. The molecule has 3 aromatic heterocycles. The lowest BCUT2D eigenvalue weighted by Gasteiger charge is -2.08. The molecule has 0 atom stereocenters. The standard InChI is InChI=1S/C14H17N7/c15-12-6-10(13-14(17-12)19-20-18-13)5-9-7-16-21(8-9)11-3-1-2-4-11/h6-8,11H,1-5H2,(H3,15,17,18,19,20). The van der Waals surface area contributed by atoms with Gasteiger partial charge in [0.1, 0.15) is 11.3 Å². The monoisotopic (exact) mass is 283 g/mol. The average molecular weight is 283 g/mol. The van der Waals surface area contributed by atoms with Crippen LogP contribution in [0.3, 0.4) is 0 Å². The van der Waals surface area contributed by atoms with Crippen LogP contribution in [0.4, 0.5) is 5.82 Å². The van der Waals surface area contributed by atoms with Crippen LogP contribution in [0.1, 0.15) is 42.9 Å². The molecule has 3 heterocycles. The van der Waals surface area contributed by atoms with Crippen LogP contribution in [0.25, 0.3) is 11.2 Å². The van der Waals surface area contributed by atoms with Crippen LogP contribution in [0.2, 0.25) is 0 Å². The molecule has 1 saturated carbocycles. The van der Waals surface area contributed by atoms with Crippen molar-refractivity contribution in [2.75, 3.05) is 5.73 Å². The zero-order valence-corrected chi connectivity index (χ0v) is 11.7. The molecule has 7 heteroatoms. The van der Waals surface area contributed by atoms with Crippen LogP contribution < -0.4 is 5.73 Å². The number of rotatable bonds is 3. The maximum absolute atomic E-state index is 5.83. The van der Waals surface area contributed by atoms with Crippen molar-refractivity contribution < 1.29 is 0 Å². The number of hydrogen-bond donors (Lipinski definition) is 2. The van der Waals surface area contributed by atoms with Crippen LogP contribution in [0, 0.1) is 0 Å². The van der Waals surface area contributed by atoms with E-state index in [-0.39, 0.29) is 0 Å². The van der Waals surface area contributed by atoms with Crippen molar-refractivity contribution in [1.29, 1.82) is 0 Å². The number of fused-ring (bicyclic) bond motifs is 1. The number of aromatic nitrogens is 6. The summed E-state index contributed by atoms with van der Waals surface area (Å²) >= 11 is 0. The molecular weight excluding hydrogens is 266 g/mol. The Morgan fingerprint density at radius 3 is 3.05 bits per heavy atom. The molecule has 1 fully saturated rings. The van der Waals surface area contributed by atoms with Crippen LogP contribution >= 0.6 is 0 Å². The van der Waals surface area contributed by atoms with Gasteiger partial charge in [-0.3, -0.25) is 4.68 Å². The molecule has 4 rings (SSSR count). The van der Waals surface area contributed by atoms with Crippen LogP contribution in [0.5, 0.6) is 0 Å². The lowest BCUT2D eigenvalue weighted by atomic mass is 10.1. The molecule has 0 saturated heterocycles. The Hall–Kier alpha value is -2.44. The van der Waals surface area contributed by atoms with Gasteiger partial charge < -0.3 is 5.73 Å². The molecule has 3 N–H and O–H groups in total. The number of hydrogen-bond acceptors (Lipinski definition) is 5. The second-order valence-corrected chi connectivity index (χ2v) is 5.66. The number of aromatic amines is 1. The summed E-state index contributed by atoms with van der Waals surface area (Å²) in [6, 6.07) is 2.42. The topological polar surface area (TPSA) is 98.3 Å². The minimum absolute atomic E-state index is 0.478. The van der Waals surface area contributed by atoms with Gasteiger partial charge >= 0.3 is 0 Å². The van der Waals surface area contributed by atoms with Gasteiger partial charge in [0.2, 0.25) is 0 Å². The molecule has 0 aromatic carbocycles. The lowest BCUT2D eigenvalue weighted by molar-refractivity contribution is 0.466. The van der Waals surface area contributed by atoms with E-state index < -0.39 is 0 Å². The van der Waals surface area contributed by atoms with Gasteiger partial charge in [-0.05, 0) is 30.0 Å². The predicted molar refractivity (Wildman–Crippen MR) is 78.6 cm³/mol. The summed E-state index contributed by atoms with van der Waals surface area (Å²) in [5, 5.41) is 15.2. The molecule has 3 aromatic rings. The third-order valence-electron chi connectivity index (χ3n) is 4.15. The number of nitrogens with zero attached hydrogens (tertiary/aromatic N) is 5. The number of nitrogens with two attached hydrogens (primary N) is 1. The fraction of sp³-hybridized carbons (Fsp3) is 0.429. The highest BCUT2D eigenvalue weighted by atomic mass is 15.3. The normalized spacial score (nSPS) is 16.0. The molecule has 108 valence electrons. The highest BCUT2D eigenvalue weighted by molar-refractivity contribution is 5.76. The third kappa shape index (κ3) is 2.24. The Bertz CT molecular complexity index is 767. The van der Waals surface area contributed by atoms with E-state index in [1.807, 2.05) is 12.3 Å². The SMILES string of the molecule is Nc1cc(Cc2cnn(C3CCCC3)c2)c2nn[nH]c2n1. The van der Waals surface area contributed by atoms with E-state index in [0.29, 0.717) is 17.5 Å². The molecule has 0 aliphatic heterocycles. The van der Waals surface area contributed by atoms with Crippen molar-refractivity contribution in [2.24, 2.45) is 0 Å². The third-order valence-corrected chi connectivity index (χ3v) is 4.15. The fourth-order valence-corrected chi connectivity index (χ4v) is 3.12. The van der Waals surface area contributed by atoms with Gasteiger partial charge in [-0.25, -0.2) is 10.1 Å². The van der Waals surface area contributed by atoms with E-state index in [2.05, 4.69) is 36.4 Å². The first-order valence-corrected chi connectivity index (χ1v) is 7.29. The molecule has 0 unspecified atom stereocenters. The fourth-order valence-electron chi connectivity index (χ4n) is 3.12. The van der Waals surface area contributed by atoms with Gasteiger partial charge in [0.15, 0.2) is 5.65 Å². The number of H-pyrrole nitrogens is 1. The Labute approximate surface area is 121 Å². The zero-order chi connectivity index (χ0) is 14.2. The van der Waals surface area contributed by atoms with Crippen molar-refractivity contribution in [3.63, 3.8) is 0 Å². The molecular formula is C14H17N7. The maximum Gasteiger partial charge on any atom is 0.178 e. The summed E-state index contributed by atoms with van der Waals surface area (Å²) in [5.41, 5.74) is 9.43. The molecule has 1 aliphatic rings. The molecule has 21 heavy (non-hydrogen) atoms. The van der Waals surface area contributed by atoms with E-state index in [9.17, 15) is 0 Å². The summed E-state index contributed by atoms with van der Waals surface area (Å²) in [6.07, 6.45) is 9.89. The Morgan fingerprint density at radius 1 is 1.33 bits per heavy atom. The second kappa shape index (κ2) is 4.83. The van der Waals surface area contributed by atoms with E-state index in [1.54, 1.807) is 0 Å². The highest BCUT2D eigenvalue weighted by Crippen LogP contribution is 2.29. The largest absolute Gasteiger partial charge is 0.384 e. The molecule has 0 bridgehead atoms. The minimum atomic E-state index is 0.478. The van der Waals surface area contributed by atoms with Crippen LogP contribution in [-0.4, -0.2) is 30.2 Å². The lowest BCUT2D eigenvalue weighted by Crippen LogP contribution is -2.04. The molecule has 0 amide bonds. The first-order valence-electron chi connectivity index (χ1n) is 7.29. The second-order valence-electron chi connectivity index (χ2n) is 5.66. The first kappa shape index (κ1) is 12.3. The first-order chi connectivity index (χ1) is 10.3. The summed E-state index contributed by atoms with van der Waals surface area (Å²) in [7, 11) is 0. The van der Waals surface area contributed by atoms with E-state index >= 15 is 0 Å². The van der Waals surface area contributed by atoms with E-state index in [1.165, 1.54) is 25.7 Å². The summed E-state index contributed by atoms with van der Waals surface area (Å²) in [5.74, 6) is 0.478. The van der Waals surface area contributed by atoms with Gasteiger partial charge in [-0.15, -0.1) is 5.10 Å². The molecule has 0 radical (unpaired) electrons.